The van der Waals surface area contributed by atoms with Gasteiger partial charge in [-0.05, 0) is 54.0 Å². The monoisotopic (exact) mass is 367 g/mol. The average Bonchev–Trinajstić information content (AvgIpc) is 3.31. The molecule has 6 heteroatoms. The van der Waals surface area contributed by atoms with E-state index in [1.165, 1.54) is 0 Å². The first-order valence-electron chi connectivity index (χ1n) is 8.78. The van der Waals surface area contributed by atoms with E-state index in [0.717, 1.165) is 23.3 Å². The highest BCUT2D eigenvalue weighted by Crippen LogP contribution is 2.39. The van der Waals surface area contributed by atoms with Gasteiger partial charge in [0.2, 0.25) is 0 Å². The zero-order valence-electron chi connectivity index (χ0n) is 14.3. The maximum absolute atomic E-state index is 12.8. The van der Waals surface area contributed by atoms with Crippen LogP contribution in [0.1, 0.15) is 39.7 Å². The molecule has 0 spiro atoms. The molecule has 1 fully saturated rings. The number of carbonyl (C=O) groups excluding carboxylic acids is 1. The second-order valence-electron chi connectivity index (χ2n) is 6.76. The van der Waals surface area contributed by atoms with Crippen molar-refractivity contribution in [3.05, 3.63) is 76.2 Å². The Labute approximate surface area is 156 Å². The number of thiophene rings is 1. The molecule has 134 valence electrons. The Bertz CT molecular complexity index is 855. The van der Waals surface area contributed by atoms with Gasteiger partial charge in [0.1, 0.15) is 0 Å². The topological polar surface area (TPSA) is 67.2 Å². The first-order chi connectivity index (χ1) is 12.7. The van der Waals surface area contributed by atoms with Gasteiger partial charge in [-0.25, -0.2) is 0 Å². The van der Waals surface area contributed by atoms with Gasteiger partial charge < -0.3 is 10.4 Å². The van der Waals surface area contributed by atoms with Crippen LogP contribution in [-0.4, -0.2) is 26.9 Å². The van der Waals surface area contributed by atoms with E-state index in [4.69, 9.17) is 0 Å². The largest absolute Gasteiger partial charge is 0.393 e. The molecule has 0 aliphatic heterocycles. The molecule has 3 aromatic rings. The molecule has 5 nitrogen and oxygen atoms in total. The van der Waals surface area contributed by atoms with Gasteiger partial charge in [0.25, 0.3) is 5.91 Å². The van der Waals surface area contributed by atoms with Crippen molar-refractivity contribution in [3.63, 3.8) is 0 Å². The zero-order chi connectivity index (χ0) is 17.9. The third-order valence-electron chi connectivity index (χ3n) is 4.85. The predicted octanol–water partition coefficient (Wildman–Crippen LogP) is 3.23. The SMILES string of the molecule is O=C(N[C@H](c1cccs1)C1CC(O)C1)c1cccc(Cn2cccn2)c1. The van der Waals surface area contributed by atoms with Crippen LogP contribution in [0.25, 0.3) is 0 Å². The molecule has 0 saturated heterocycles. The van der Waals surface area contributed by atoms with Crippen molar-refractivity contribution in [2.75, 3.05) is 0 Å². The molecule has 4 rings (SSSR count). The van der Waals surface area contributed by atoms with Crippen LogP contribution in [0, 0.1) is 5.92 Å². The molecular weight excluding hydrogens is 346 g/mol. The van der Waals surface area contributed by atoms with Crippen LogP contribution in [0.3, 0.4) is 0 Å². The van der Waals surface area contributed by atoms with Crippen molar-refractivity contribution in [3.8, 4) is 0 Å². The van der Waals surface area contributed by atoms with Gasteiger partial charge in [0.15, 0.2) is 0 Å². The van der Waals surface area contributed by atoms with E-state index >= 15 is 0 Å². The van der Waals surface area contributed by atoms with Crippen LogP contribution in [0.5, 0.6) is 0 Å². The van der Waals surface area contributed by atoms with Crippen molar-refractivity contribution in [1.82, 2.24) is 15.1 Å². The molecular formula is C20H21N3O2S. The Hall–Kier alpha value is -2.44. The minimum atomic E-state index is -0.239. The molecule has 1 atom stereocenters. The van der Waals surface area contributed by atoms with E-state index in [0.29, 0.717) is 18.0 Å². The lowest BCUT2D eigenvalue weighted by atomic mass is 9.76. The number of aliphatic hydroxyl groups excluding tert-OH is 1. The van der Waals surface area contributed by atoms with Crippen molar-refractivity contribution in [2.45, 2.75) is 31.5 Å². The standard InChI is InChI=1S/C20H21N3O2S/c24-17-11-16(12-17)19(18-6-2-9-26-18)22-20(25)15-5-1-4-14(10-15)13-23-8-3-7-21-23/h1-10,16-17,19,24H,11-13H2,(H,22,25)/t16?,17?,19-/m0/s1. The number of hydrogen-bond donors (Lipinski definition) is 2. The number of nitrogens with one attached hydrogen (secondary N) is 1. The minimum absolute atomic E-state index is 0.0410. The molecule has 1 amide bonds. The number of aromatic nitrogens is 2. The molecule has 2 heterocycles. The normalized spacial score (nSPS) is 20.3. The molecule has 2 aromatic heterocycles. The highest BCUT2D eigenvalue weighted by Gasteiger charge is 2.36. The number of aliphatic hydroxyl groups is 1. The van der Waals surface area contributed by atoms with Gasteiger partial charge >= 0.3 is 0 Å². The quantitative estimate of drug-likeness (QED) is 0.703. The zero-order valence-corrected chi connectivity index (χ0v) is 15.1. The maximum atomic E-state index is 12.8. The second-order valence-corrected chi connectivity index (χ2v) is 7.74. The lowest BCUT2D eigenvalue weighted by Crippen LogP contribution is -2.41. The van der Waals surface area contributed by atoms with Gasteiger partial charge in [-0.3, -0.25) is 9.48 Å². The fourth-order valence-electron chi connectivity index (χ4n) is 3.41. The molecule has 0 radical (unpaired) electrons. The van der Waals surface area contributed by atoms with Crippen molar-refractivity contribution < 1.29 is 9.90 Å². The number of rotatable bonds is 6. The molecule has 0 bridgehead atoms. The molecule has 26 heavy (non-hydrogen) atoms. The summed E-state index contributed by atoms with van der Waals surface area (Å²) in [5.74, 6) is 0.215. The fourth-order valence-corrected chi connectivity index (χ4v) is 4.28. The van der Waals surface area contributed by atoms with Crippen LogP contribution >= 0.6 is 11.3 Å². The van der Waals surface area contributed by atoms with E-state index in [1.54, 1.807) is 17.5 Å². The number of amides is 1. The van der Waals surface area contributed by atoms with Crippen LogP contribution < -0.4 is 5.32 Å². The third-order valence-corrected chi connectivity index (χ3v) is 5.81. The highest BCUT2D eigenvalue weighted by molar-refractivity contribution is 7.10. The summed E-state index contributed by atoms with van der Waals surface area (Å²) in [4.78, 5) is 14.0. The Morgan fingerprint density at radius 1 is 1.31 bits per heavy atom. The molecule has 1 aromatic carbocycles. The van der Waals surface area contributed by atoms with Gasteiger partial charge in [-0.2, -0.15) is 5.10 Å². The lowest BCUT2D eigenvalue weighted by Gasteiger charge is -2.37. The van der Waals surface area contributed by atoms with Crippen LogP contribution in [0.2, 0.25) is 0 Å². The van der Waals surface area contributed by atoms with Crippen LogP contribution in [0.15, 0.2) is 60.2 Å². The summed E-state index contributed by atoms with van der Waals surface area (Å²) in [7, 11) is 0. The molecule has 2 N–H and O–H groups in total. The van der Waals surface area contributed by atoms with Crippen LogP contribution in [0.4, 0.5) is 0 Å². The highest BCUT2D eigenvalue weighted by atomic mass is 32.1. The predicted molar refractivity (Wildman–Crippen MR) is 101 cm³/mol. The molecule has 1 aliphatic carbocycles. The molecule has 1 aliphatic rings. The summed E-state index contributed by atoms with van der Waals surface area (Å²) in [6, 6.07) is 13.5. The Balaban J connectivity index is 1.49. The fraction of sp³-hybridized carbons (Fsp3) is 0.300. The Morgan fingerprint density at radius 2 is 2.19 bits per heavy atom. The summed E-state index contributed by atoms with van der Waals surface area (Å²) in [6.07, 6.45) is 4.89. The number of carbonyl (C=O) groups is 1. The number of benzene rings is 1. The summed E-state index contributed by atoms with van der Waals surface area (Å²) in [5.41, 5.74) is 1.68. The molecule has 0 unspecified atom stereocenters. The Kier molecular flexibility index (Phi) is 4.86. The smallest absolute Gasteiger partial charge is 0.251 e. The van der Waals surface area contributed by atoms with E-state index in [2.05, 4.69) is 16.5 Å². The Morgan fingerprint density at radius 3 is 2.88 bits per heavy atom. The van der Waals surface area contributed by atoms with Gasteiger partial charge in [0.05, 0.1) is 18.7 Å². The van der Waals surface area contributed by atoms with Crippen molar-refractivity contribution >= 4 is 17.2 Å². The second kappa shape index (κ2) is 7.43. The summed E-state index contributed by atoms with van der Waals surface area (Å²) >= 11 is 1.64. The van der Waals surface area contributed by atoms with Crippen LogP contribution in [-0.2, 0) is 6.54 Å². The average molecular weight is 367 g/mol. The first kappa shape index (κ1) is 17.0. The number of nitrogens with zero attached hydrogens (tertiary/aromatic N) is 2. The number of hydrogen-bond acceptors (Lipinski definition) is 4. The van der Waals surface area contributed by atoms with E-state index in [-0.39, 0.29) is 18.1 Å². The summed E-state index contributed by atoms with van der Waals surface area (Å²) in [5, 5.41) is 19.1. The van der Waals surface area contributed by atoms with E-state index < -0.39 is 0 Å². The summed E-state index contributed by atoms with van der Waals surface area (Å²) in [6.45, 7) is 0.636. The van der Waals surface area contributed by atoms with Crippen molar-refractivity contribution in [2.24, 2.45) is 5.92 Å². The third kappa shape index (κ3) is 3.71. The van der Waals surface area contributed by atoms with Gasteiger partial charge in [-0.1, -0.05) is 18.2 Å². The minimum Gasteiger partial charge on any atom is -0.393 e. The molecule has 1 saturated carbocycles. The first-order valence-corrected chi connectivity index (χ1v) is 9.66. The van der Waals surface area contributed by atoms with E-state index in [1.807, 2.05) is 52.7 Å². The maximum Gasteiger partial charge on any atom is 0.251 e. The summed E-state index contributed by atoms with van der Waals surface area (Å²) < 4.78 is 1.83. The van der Waals surface area contributed by atoms with Gasteiger partial charge in [-0.15, -0.1) is 11.3 Å². The lowest BCUT2D eigenvalue weighted by molar-refractivity contribution is 0.0241. The van der Waals surface area contributed by atoms with Gasteiger partial charge in [0, 0.05) is 22.8 Å². The van der Waals surface area contributed by atoms with E-state index in [9.17, 15) is 9.90 Å². The van der Waals surface area contributed by atoms with Crippen molar-refractivity contribution in [1.29, 1.82) is 0 Å².